The molecule has 0 bridgehead atoms. The molecule has 4 rings (SSSR count). The molecule has 2 aromatic carbocycles. The van der Waals surface area contributed by atoms with Crippen molar-refractivity contribution in [3.63, 3.8) is 0 Å². The minimum absolute atomic E-state index is 0.0244. The fourth-order valence-electron chi connectivity index (χ4n) is 3.59. The Kier molecular flexibility index (Phi) is 4.41. The van der Waals surface area contributed by atoms with E-state index in [1.165, 1.54) is 0 Å². The van der Waals surface area contributed by atoms with Crippen LogP contribution in [0.1, 0.15) is 41.5 Å². The largest absolute Gasteiger partial charge is 0.326 e. The average molecular weight is 410 g/mol. The zero-order chi connectivity index (χ0) is 18.3. The average Bonchev–Trinajstić information content (AvgIpc) is 3.17. The molecule has 1 aromatic heterocycles. The zero-order valence-electron chi connectivity index (χ0n) is 14.7. The summed E-state index contributed by atoms with van der Waals surface area (Å²) >= 11 is 3.50. The van der Waals surface area contributed by atoms with Gasteiger partial charge < -0.3 is 4.90 Å². The molecular formula is C21H20BrN3O. The SMILES string of the molecule is CC(C)CN1C(=O)c2[nH]nc(-c3ccccc3)c2C1c1ccc(Br)cc1. The van der Waals surface area contributed by atoms with Crippen LogP contribution in [0.25, 0.3) is 11.3 Å². The van der Waals surface area contributed by atoms with Gasteiger partial charge in [-0.05, 0) is 23.6 Å². The summed E-state index contributed by atoms with van der Waals surface area (Å²) in [7, 11) is 0. The lowest BCUT2D eigenvalue weighted by atomic mass is 9.96. The van der Waals surface area contributed by atoms with Crippen molar-refractivity contribution in [1.82, 2.24) is 15.1 Å². The van der Waals surface area contributed by atoms with E-state index in [2.05, 4.69) is 52.1 Å². The smallest absolute Gasteiger partial charge is 0.273 e. The van der Waals surface area contributed by atoms with Crippen molar-refractivity contribution in [2.24, 2.45) is 5.92 Å². The lowest BCUT2D eigenvalue weighted by molar-refractivity contribution is 0.0722. The van der Waals surface area contributed by atoms with Gasteiger partial charge >= 0.3 is 0 Å². The minimum Gasteiger partial charge on any atom is -0.326 e. The number of nitrogens with zero attached hydrogens (tertiary/aromatic N) is 2. The Hall–Kier alpha value is -2.40. The fraction of sp³-hybridized carbons (Fsp3) is 0.238. The summed E-state index contributed by atoms with van der Waals surface area (Å²) in [5.74, 6) is 0.408. The van der Waals surface area contributed by atoms with Gasteiger partial charge in [-0.15, -0.1) is 0 Å². The van der Waals surface area contributed by atoms with Crippen molar-refractivity contribution in [3.8, 4) is 11.3 Å². The number of amides is 1. The molecule has 26 heavy (non-hydrogen) atoms. The Morgan fingerprint density at radius 3 is 2.46 bits per heavy atom. The molecule has 0 spiro atoms. The van der Waals surface area contributed by atoms with Gasteiger partial charge in [-0.25, -0.2) is 0 Å². The molecule has 0 saturated carbocycles. The number of nitrogens with one attached hydrogen (secondary N) is 1. The second-order valence-electron chi connectivity index (χ2n) is 7.03. The maximum Gasteiger partial charge on any atom is 0.273 e. The van der Waals surface area contributed by atoms with Crippen LogP contribution in [0.3, 0.4) is 0 Å². The van der Waals surface area contributed by atoms with Crippen LogP contribution >= 0.6 is 15.9 Å². The van der Waals surface area contributed by atoms with Crippen molar-refractivity contribution in [3.05, 3.63) is 75.9 Å². The number of hydrogen-bond donors (Lipinski definition) is 1. The van der Waals surface area contributed by atoms with Gasteiger partial charge in [0.05, 0.1) is 11.7 Å². The summed E-state index contributed by atoms with van der Waals surface area (Å²) in [6.45, 7) is 4.97. The third-order valence-corrected chi connectivity index (χ3v) is 5.19. The summed E-state index contributed by atoms with van der Waals surface area (Å²) in [4.78, 5) is 15.0. The third-order valence-electron chi connectivity index (χ3n) is 4.66. The van der Waals surface area contributed by atoms with Crippen LogP contribution in [-0.4, -0.2) is 27.5 Å². The Bertz CT molecular complexity index is 932. The van der Waals surface area contributed by atoms with Crippen LogP contribution < -0.4 is 0 Å². The van der Waals surface area contributed by atoms with Gasteiger partial charge in [0.25, 0.3) is 5.91 Å². The summed E-state index contributed by atoms with van der Waals surface area (Å²) in [6.07, 6.45) is 0. The second kappa shape index (κ2) is 6.72. The Labute approximate surface area is 161 Å². The van der Waals surface area contributed by atoms with Crippen LogP contribution in [0.2, 0.25) is 0 Å². The Balaban J connectivity index is 1.88. The molecule has 0 radical (unpaired) electrons. The van der Waals surface area contributed by atoms with Gasteiger partial charge in [0, 0.05) is 22.1 Å². The number of H-pyrrole nitrogens is 1. The highest BCUT2D eigenvalue weighted by atomic mass is 79.9. The van der Waals surface area contributed by atoms with E-state index in [1.54, 1.807) is 0 Å². The van der Waals surface area contributed by atoms with Gasteiger partial charge in [-0.1, -0.05) is 72.2 Å². The van der Waals surface area contributed by atoms with E-state index >= 15 is 0 Å². The summed E-state index contributed by atoms with van der Waals surface area (Å²) in [5, 5.41) is 7.48. The van der Waals surface area contributed by atoms with E-state index < -0.39 is 0 Å². The van der Waals surface area contributed by atoms with Gasteiger partial charge in [0.2, 0.25) is 0 Å². The van der Waals surface area contributed by atoms with E-state index in [1.807, 2.05) is 47.4 Å². The molecular weight excluding hydrogens is 390 g/mol. The van der Waals surface area contributed by atoms with Crippen molar-refractivity contribution in [2.45, 2.75) is 19.9 Å². The monoisotopic (exact) mass is 409 g/mol. The summed E-state index contributed by atoms with van der Waals surface area (Å²) < 4.78 is 1.02. The Morgan fingerprint density at radius 1 is 1.12 bits per heavy atom. The molecule has 1 amide bonds. The number of carbonyl (C=O) groups is 1. The number of hydrogen-bond acceptors (Lipinski definition) is 2. The molecule has 4 nitrogen and oxygen atoms in total. The molecule has 2 heterocycles. The highest BCUT2D eigenvalue weighted by Gasteiger charge is 2.42. The predicted molar refractivity (Wildman–Crippen MR) is 106 cm³/mol. The standard InChI is InChI=1S/C21H20BrN3O/c1-13(2)12-25-20(15-8-10-16(22)11-9-15)17-18(14-6-4-3-5-7-14)23-24-19(17)21(25)26/h3-11,13,20H,12H2,1-2H3,(H,23,24). The number of aromatic amines is 1. The van der Waals surface area contributed by atoms with Gasteiger partial charge in [0.15, 0.2) is 0 Å². The van der Waals surface area contributed by atoms with E-state index in [0.717, 1.165) is 26.9 Å². The van der Waals surface area contributed by atoms with Crippen LogP contribution in [0.15, 0.2) is 59.1 Å². The fourth-order valence-corrected chi connectivity index (χ4v) is 3.85. The van der Waals surface area contributed by atoms with E-state index in [0.29, 0.717) is 18.2 Å². The summed E-state index contributed by atoms with van der Waals surface area (Å²) in [5.41, 5.74) is 4.56. The maximum atomic E-state index is 13.1. The van der Waals surface area contributed by atoms with Gasteiger partial charge in [-0.3, -0.25) is 9.89 Å². The number of fused-ring (bicyclic) bond motifs is 1. The van der Waals surface area contributed by atoms with Crippen molar-refractivity contribution in [2.75, 3.05) is 6.54 Å². The second-order valence-corrected chi connectivity index (χ2v) is 7.95. The molecule has 0 saturated heterocycles. The van der Waals surface area contributed by atoms with E-state index in [9.17, 15) is 4.79 Å². The van der Waals surface area contributed by atoms with Crippen LogP contribution in [0, 0.1) is 5.92 Å². The molecule has 0 aliphatic carbocycles. The van der Waals surface area contributed by atoms with E-state index in [4.69, 9.17) is 0 Å². The lowest BCUT2D eigenvalue weighted by Gasteiger charge is -2.28. The molecule has 1 atom stereocenters. The van der Waals surface area contributed by atoms with Crippen molar-refractivity contribution < 1.29 is 4.79 Å². The Morgan fingerprint density at radius 2 is 1.81 bits per heavy atom. The first-order valence-electron chi connectivity index (χ1n) is 8.76. The highest BCUT2D eigenvalue weighted by Crippen LogP contribution is 2.43. The zero-order valence-corrected chi connectivity index (χ0v) is 16.3. The van der Waals surface area contributed by atoms with Crippen LogP contribution in [-0.2, 0) is 0 Å². The van der Waals surface area contributed by atoms with Crippen LogP contribution in [0.4, 0.5) is 0 Å². The minimum atomic E-state index is -0.123. The molecule has 1 aliphatic rings. The number of aromatic nitrogens is 2. The maximum absolute atomic E-state index is 13.1. The van der Waals surface area contributed by atoms with Gasteiger partial charge in [-0.2, -0.15) is 5.10 Å². The van der Waals surface area contributed by atoms with Crippen molar-refractivity contribution in [1.29, 1.82) is 0 Å². The number of carbonyl (C=O) groups excluding carboxylic acids is 1. The molecule has 1 N–H and O–H groups in total. The number of benzene rings is 2. The first-order chi connectivity index (χ1) is 12.6. The topological polar surface area (TPSA) is 49.0 Å². The van der Waals surface area contributed by atoms with Gasteiger partial charge in [0.1, 0.15) is 5.69 Å². The number of halogens is 1. The predicted octanol–water partition coefficient (Wildman–Crippen LogP) is 5.04. The third kappa shape index (κ3) is 2.86. The van der Waals surface area contributed by atoms with Crippen molar-refractivity contribution >= 4 is 21.8 Å². The normalized spacial score (nSPS) is 16.4. The summed E-state index contributed by atoms with van der Waals surface area (Å²) in [6, 6.07) is 18.1. The quantitative estimate of drug-likeness (QED) is 0.655. The van der Waals surface area contributed by atoms with E-state index in [-0.39, 0.29) is 11.9 Å². The molecule has 5 heteroatoms. The molecule has 0 fully saturated rings. The first-order valence-corrected chi connectivity index (χ1v) is 9.55. The molecule has 1 aliphatic heterocycles. The highest BCUT2D eigenvalue weighted by molar-refractivity contribution is 9.10. The first kappa shape index (κ1) is 17.0. The number of rotatable bonds is 4. The molecule has 132 valence electrons. The van der Waals surface area contributed by atoms with Crippen LogP contribution in [0.5, 0.6) is 0 Å². The lowest BCUT2D eigenvalue weighted by Crippen LogP contribution is -2.32. The molecule has 1 unspecified atom stereocenters. The molecule has 3 aromatic rings.